The molecule has 6 aromatic rings. The van der Waals surface area contributed by atoms with Gasteiger partial charge in [0.25, 0.3) is 0 Å². The van der Waals surface area contributed by atoms with E-state index in [0.717, 1.165) is 37.9 Å². The number of hydrogen-bond acceptors (Lipinski definition) is 4. The number of hydrogen-bond donors (Lipinski definition) is 0. The number of benzene rings is 5. The van der Waals surface area contributed by atoms with Gasteiger partial charge in [0.05, 0.1) is 15.8 Å². The second-order valence-electron chi connectivity index (χ2n) is 8.28. The van der Waals surface area contributed by atoms with Gasteiger partial charge >= 0.3 is 0 Å². The molecule has 1 aromatic heterocycles. The summed E-state index contributed by atoms with van der Waals surface area (Å²) in [4.78, 5) is 4.70. The van der Waals surface area contributed by atoms with Crippen molar-refractivity contribution < 1.29 is 4.74 Å². The summed E-state index contributed by atoms with van der Waals surface area (Å²) < 4.78 is 7.47. The number of thiazole rings is 1. The van der Waals surface area contributed by atoms with Crippen molar-refractivity contribution in [3.63, 3.8) is 0 Å². The van der Waals surface area contributed by atoms with E-state index < -0.39 is 0 Å². The number of aromatic nitrogens is 1. The first kappa shape index (κ1) is 21.1. The minimum atomic E-state index is 0.434. The number of allylic oxidation sites excluding steroid dienone is 1. The Kier molecular flexibility index (Phi) is 5.46. The molecule has 0 saturated carbocycles. The quantitative estimate of drug-likeness (QED) is 0.239. The van der Waals surface area contributed by atoms with E-state index in [2.05, 4.69) is 54.6 Å². The van der Waals surface area contributed by atoms with Gasteiger partial charge in [0, 0.05) is 5.56 Å². The van der Waals surface area contributed by atoms with E-state index in [4.69, 9.17) is 9.72 Å². The molecule has 6 rings (SSSR count). The van der Waals surface area contributed by atoms with E-state index in [1.165, 1.54) is 22.1 Å². The molecular formula is C31H20N2OS. The third-order valence-electron chi connectivity index (χ3n) is 6.13. The zero-order valence-corrected chi connectivity index (χ0v) is 19.6. The van der Waals surface area contributed by atoms with Crippen LogP contribution in [0, 0.1) is 11.3 Å². The molecule has 0 atom stereocenters. The number of para-hydroxylation sites is 1. The second kappa shape index (κ2) is 9.06. The molecule has 0 N–H and O–H groups in total. The summed E-state index contributed by atoms with van der Waals surface area (Å²) in [5.74, 6) is 0.741. The highest BCUT2D eigenvalue weighted by molar-refractivity contribution is 7.19. The number of fused-ring (bicyclic) bond motifs is 3. The molecule has 0 saturated heterocycles. The average molecular weight is 469 g/mol. The van der Waals surface area contributed by atoms with Crippen molar-refractivity contribution in [2.45, 2.75) is 6.61 Å². The maximum atomic E-state index is 10.1. The van der Waals surface area contributed by atoms with Gasteiger partial charge in [0.1, 0.15) is 23.4 Å². The van der Waals surface area contributed by atoms with Crippen LogP contribution in [0.1, 0.15) is 16.1 Å². The molecule has 0 fully saturated rings. The molecule has 166 valence electrons. The van der Waals surface area contributed by atoms with Crippen LogP contribution in [-0.2, 0) is 6.61 Å². The highest BCUT2D eigenvalue weighted by atomic mass is 32.1. The summed E-state index contributed by atoms with van der Waals surface area (Å²) in [6.45, 7) is 0.434. The molecule has 0 unspecified atom stereocenters. The molecule has 0 aliphatic carbocycles. The minimum absolute atomic E-state index is 0.434. The van der Waals surface area contributed by atoms with Crippen molar-refractivity contribution in [3.8, 4) is 11.8 Å². The Balaban J connectivity index is 1.45. The molecule has 1 heterocycles. The molecule has 0 aliphatic heterocycles. The first-order valence-electron chi connectivity index (χ1n) is 11.4. The van der Waals surface area contributed by atoms with Gasteiger partial charge in [-0.2, -0.15) is 5.26 Å². The molecule has 0 bridgehead atoms. The fraction of sp³-hybridized carbons (Fsp3) is 0.0323. The first-order valence-corrected chi connectivity index (χ1v) is 12.2. The molecular weight excluding hydrogens is 448 g/mol. The molecule has 4 heteroatoms. The number of nitriles is 1. The lowest BCUT2D eigenvalue weighted by atomic mass is 10.0. The summed E-state index contributed by atoms with van der Waals surface area (Å²) in [6.07, 6.45) is 1.92. The third-order valence-corrected chi connectivity index (χ3v) is 7.20. The number of nitrogens with zero attached hydrogens (tertiary/aromatic N) is 2. The van der Waals surface area contributed by atoms with Crippen molar-refractivity contribution in [1.82, 2.24) is 4.98 Å². The molecule has 35 heavy (non-hydrogen) atoms. The van der Waals surface area contributed by atoms with Crippen molar-refractivity contribution in [3.05, 3.63) is 119 Å². The molecule has 0 aliphatic rings. The van der Waals surface area contributed by atoms with Gasteiger partial charge in [-0.15, -0.1) is 11.3 Å². The van der Waals surface area contributed by atoms with Crippen LogP contribution in [-0.4, -0.2) is 4.98 Å². The van der Waals surface area contributed by atoms with E-state index in [1.54, 1.807) is 0 Å². The Morgan fingerprint density at radius 1 is 0.800 bits per heavy atom. The van der Waals surface area contributed by atoms with Crippen LogP contribution in [0.5, 0.6) is 5.75 Å². The summed E-state index contributed by atoms with van der Waals surface area (Å²) in [5.41, 5.74) is 3.44. The van der Waals surface area contributed by atoms with Crippen LogP contribution >= 0.6 is 11.3 Å². The molecule has 0 radical (unpaired) electrons. The monoisotopic (exact) mass is 468 g/mol. The SMILES string of the molecule is N#C/C(=C\c1c(OCc2cccc3ccccc23)ccc2ccccc12)c1nc2ccccc2s1. The van der Waals surface area contributed by atoms with Crippen molar-refractivity contribution in [2.75, 3.05) is 0 Å². The van der Waals surface area contributed by atoms with Crippen LogP contribution in [0.4, 0.5) is 0 Å². The van der Waals surface area contributed by atoms with Gasteiger partial charge in [0.15, 0.2) is 0 Å². The highest BCUT2D eigenvalue weighted by Crippen LogP contribution is 2.34. The lowest BCUT2D eigenvalue weighted by Crippen LogP contribution is -1.99. The Morgan fingerprint density at radius 3 is 2.34 bits per heavy atom. The maximum Gasteiger partial charge on any atom is 0.135 e. The summed E-state index contributed by atoms with van der Waals surface area (Å²) in [5, 5.41) is 15.3. The van der Waals surface area contributed by atoms with Crippen molar-refractivity contribution >= 4 is 54.7 Å². The van der Waals surface area contributed by atoms with Gasteiger partial charge < -0.3 is 4.74 Å². The van der Waals surface area contributed by atoms with Crippen LogP contribution in [0.15, 0.2) is 103 Å². The topological polar surface area (TPSA) is 45.9 Å². The van der Waals surface area contributed by atoms with E-state index in [0.29, 0.717) is 17.2 Å². The Morgan fingerprint density at radius 2 is 1.51 bits per heavy atom. The fourth-order valence-electron chi connectivity index (χ4n) is 4.40. The lowest BCUT2D eigenvalue weighted by Gasteiger charge is -2.14. The minimum Gasteiger partial charge on any atom is -0.488 e. The van der Waals surface area contributed by atoms with Gasteiger partial charge in [-0.1, -0.05) is 84.9 Å². The standard InChI is InChI=1S/C31H20N2OS/c32-19-24(31-33-28-14-5-6-15-30(28)35-31)18-27-26-13-4-2-9-22(26)16-17-29(27)34-20-23-11-7-10-21-8-1-3-12-25(21)23/h1-18H,20H2/b24-18+. The van der Waals surface area contributed by atoms with Crippen molar-refractivity contribution in [2.24, 2.45) is 0 Å². The Bertz CT molecular complexity index is 1740. The van der Waals surface area contributed by atoms with Crippen LogP contribution < -0.4 is 4.74 Å². The number of ether oxygens (including phenoxy) is 1. The summed E-state index contributed by atoms with van der Waals surface area (Å²) >= 11 is 1.53. The van der Waals surface area contributed by atoms with E-state index in [9.17, 15) is 5.26 Å². The third kappa shape index (κ3) is 4.03. The van der Waals surface area contributed by atoms with Crippen LogP contribution in [0.2, 0.25) is 0 Å². The predicted octanol–water partition coefficient (Wildman–Crippen LogP) is 8.25. The molecule has 5 aromatic carbocycles. The lowest BCUT2D eigenvalue weighted by molar-refractivity contribution is 0.307. The number of rotatable bonds is 5. The van der Waals surface area contributed by atoms with Gasteiger partial charge in [-0.25, -0.2) is 4.98 Å². The molecule has 3 nitrogen and oxygen atoms in total. The highest BCUT2D eigenvalue weighted by Gasteiger charge is 2.13. The summed E-state index contributed by atoms with van der Waals surface area (Å²) in [6, 6.07) is 37.2. The second-order valence-corrected chi connectivity index (χ2v) is 9.31. The predicted molar refractivity (Wildman–Crippen MR) is 145 cm³/mol. The molecule has 0 amide bonds. The van der Waals surface area contributed by atoms with Gasteiger partial charge in [0.2, 0.25) is 0 Å². The van der Waals surface area contributed by atoms with E-state index in [-0.39, 0.29) is 0 Å². The zero-order valence-electron chi connectivity index (χ0n) is 18.8. The van der Waals surface area contributed by atoms with Crippen LogP contribution in [0.3, 0.4) is 0 Å². The maximum absolute atomic E-state index is 10.1. The van der Waals surface area contributed by atoms with Gasteiger partial charge in [-0.05, 0) is 51.4 Å². The zero-order chi connectivity index (χ0) is 23.6. The van der Waals surface area contributed by atoms with Crippen LogP contribution in [0.25, 0.3) is 43.4 Å². The summed E-state index contributed by atoms with van der Waals surface area (Å²) in [7, 11) is 0. The Hall–Kier alpha value is -4.46. The Labute approximate surface area is 207 Å². The first-order chi connectivity index (χ1) is 17.3. The molecule has 0 spiro atoms. The van der Waals surface area contributed by atoms with E-state index in [1.807, 2.05) is 60.7 Å². The average Bonchev–Trinajstić information content (AvgIpc) is 3.35. The van der Waals surface area contributed by atoms with Crippen molar-refractivity contribution in [1.29, 1.82) is 5.26 Å². The normalized spacial score (nSPS) is 11.7. The largest absolute Gasteiger partial charge is 0.488 e. The van der Waals surface area contributed by atoms with E-state index >= 15 is 0 Å². The van der Waals surface area contributed by atoms with Gasteiger partial charge in [-0.3, -0.25) is 0 Å². The fourth-order valence-corrected chi connectivity index (χ4v) is 5.33. The smallest absolute Gasteiger partial charge is 0.135 e.